The van der Waals surface area contributed by atoms with Crippen LogP contribution < -0.4 is 10.6 Å². The second kappa shape index (κ2) is 11.0. The zero-order valence-electron chi connectivity index (χ0n) is 20.9. The first-order valence-electron chi connectivity index (χ1n) is 11.6. The molecule has 1 aliphatic carbocycles. The van der Waals surface area contributed by atoms with Crippen molar-refractivity contribution in [2.45, 2.75) is 97.5 Å². The van der Waals surface area contributed by atoms with Crippen LogP contribution in [-0.4, -0.2) is 58.2 Å². The predicted molar refractivity (Wildman–Crippen MR) is 127 cm³/mol. The van der Waals surface area contributed by atoms with Crippen molar-refractivity contribution in [3.8, 4) is 0 Å². The van der Waals surface area contributed by atoms with E-state index in [0.717, 1.165) is 36.0 Å². The van der Waals surface area contributed by atoms with E-state index in [1.807, 2.05) is 45.9 Å². The van der Waals surface area contributed by atoms with Crippen molar-refractivity contribution >= 4 is 17.9 Å². The normalized spacial score (nSPS) is 15.9. The maximum Gasteiger partial charge on any atom is 0.408 e. The van der Waals surface area contributed by atoms with Gasteiger partial charge >= 0.3 is 6.09 Å². The van der Waals surface area contributed by atoms with Gasteiger partial charge in [0, 0.05) is 12.1 Å². The molecule has 3 amide bonds. The van der Waals surface area contributed by atoms with E-state index >= 15 is 0 Å². The highest BCUT2D eigenvalue weighted by molar-refractivity contribution is 5.92. The highest BCUT2D eigenvalue weighted by Crippen LogP contribution is 2.35. The minimum atomic E-state index is -1.22. The first-order chi connectivity index (χ1) is 15.4. The molecule has 1 aliphatic rings. The van der Waals surface area contributed by atoms with Crippen LogP contribution in [0.5, 0.6) is 0 Å². The second-order valence-corrected chi connectivity index (χ2v) is 10.1. The Bertz CT molecular complexity index is 858. The number of nitrogens with one attached hydrogen (secondary N) is 2. The number of aryl methyl sites for hydroxylation is 1. The quantitative estimate of drug-likeness (QED) is 0.551. The van der Waals surface area contributed by atoms with Crippen molar-refractivity contribution in [1.82, 2.24) is 15.5 Å². The molecule has 0 spiro atoms. The molecule has 184 valence electrons. The number of ether oxygens (including phenoxy) is 1. The lowest BCUT2D eigenvalue weighted by molar-refractivity contribution is -0.148. The largest absolute Gasteiger partial charge is 0.444 e. The van der Waals surface area contributed by atoms with Gasteiger partial charge in [-0.1, -0.05) is 18.2 Å². The molecule has 0 aliphatic heterocycles. The van der Waals surface area contributed by atoms with Gasteiger partial charge in [0.25, 0.3) is 0 Å². The third kappa shape index (κ3) is 6.93. The number of carbonyl (C=O) groups is 3. The average molecular weight is 462 g/mol. The van der Waals surface area contributed by atoms with Gasteiger partial charge in [0.1, 0.15) is 17.7 Å². The molecule has 2 unspecified atom stereocenters. The number of hydrogen-bond acceptors (Lipinski definition) is 5. The first kappa shape index (κ1) is 26.6. The van der Waals surface area contributed by atoms with Crippen LogP contribution in [0.3, 0.4) is 0 Å². The fourth-order valence-electron chi connectivity index (χ4n) is 3.85. The van der Waals surface area contributed by atoms with Crippen LogP contribution in [0.4, 0.5) is 4.79 Å². The number of alkyl carbamates (subject to hydrolysis) is 1. The van der Waals surface area contributed by atoms with E-state index in [2.05, 4.69) is 10.6 Å². The Morgan fingerprint density at radius 1 is 1.15 bits per heavy atom. The molecule has 1 fully saturated rings. The van der Waals surface area contributed by atoms with Crippen LogP contribution in [0, 0.1) is 13.8 Å². The fraction of sp³-hybridized carbons (Fsp3) is 0.640. The lowest BCUT2D eigenvalue weighted by atomic mass is 9.86. The molecule has 1 aromatic rings. The summed E-state index contributed by atoms with van der Waals surface area (Å²) in [4.78, 5) is 41.1. The van der Waals surface area contributed by atoms with E-state index in [1.54, 1.807) is 25.7 Å². The van der Waals surface area contributed by atoms with Crippen LogP contribution in [0.2, 0.25) is 0 Å². The van der Waals surface area contributed by atoms with Crippen molar-refractivity contribution in [2.24, 2.45) is 0 Å². The number of benzene rings is 1. The van der Waals surface area contributed by atoms with Gasteiger partial charge in [-0.2, -0.15) is 0 Å². The fourth-order valence-corrected chi connectivity index (χ4v) is 3.85. The summed E-state index contributed by atoms with van der Waals surface area (Å²) in [6.45, 7) is 12.2. The number of nitrogens with zero attached hydrogens (tertiary/aromatic N) is 1. The molecule has 0 saturated heterocycles. The molecule has 33 heavy (non-hydrogen) atoms. The standard InChI is InChI=1S/C25H39N3O5/c1-15(2)26-22(30)21(19-13-8-10-16(3)17(19)4)28(18-11-9-12-18)23(31)20(14-29)27-24(32)33-25(5,6)7/h8,10,13,15,18,20-21,29H,9,11-12,14H2,1-7H3,(H,26,30)(H,27,32). The molecule has 2 atom stereocenters. The summed E-state index contributed by atoms with van der Waals surface area (Å²) >= 11 is 0. The highest BCUT2D eigenvalue weighted by Gasteiger charge is 2.42. The van der Waals surface area contributed by atoms with Gasteiger partial charge < -0.3 is 25.4 Å². The summed E-state index contributed by atoms with van der Waals surface area (Å²) in [5.74, 6) is -0.786. The van der Waals surface area contributed by atoms with Gasteiger partial charge in [-0.15, -0.1) is 0 Å². The molecule has 8 heteroatoms. The molecule has 0 aromatic heterocycles. The molecule has 1 saturated carbocycles. The minimum Gasteiger partial charge on any atom is -0.444 e. The molecule has 3 N–H and O–H groups in total. The maximum atomic E-state index is 13.7. The average Bonchev–Trinajstić information content (AvgIpc) is 2.64. The highest BCUT2D eigenvalue weighted by atomic mass is 16.6. The van der Waals surface area contributed by atoms with Crippen LogP contribution >= 0.6 is 0 Å². The number of aliphatic hydroxyl groups is 1. The molecule has 8 nitrogen and oxygen atoms in total. The molecule has 0 heterocycles. The van der Waals surface area contributed by atoms with Crippen molar-refractivity contribution in [3.63, 3.8) is 0 Å². The van der Waals surface area contributed by atoms with Crippen molar-refractivity contribution in [1.29, 1.82) is 0 Å². The lowest BCUT2D eigenvalue weighted by Gasteiger charge is -2.44. The smallest absolute Gasteiger partial charge is 0.408 e. The molecule has 0 radical (unpaired) electrons. The van der Waals surface area contributed by atoms with Gasteiger partial charge in [-0.25, -0.2) is 4.79 Å². The Labute approximate surface area is 197 Å². The first-order valence-corrected chi connectivity index (χ1v) is 11.6. The van der Waals surface area contributed by atoms with Crippen LogP contribution in [0.1, 0.15) is 76.6 Å². The van der Waals surface area contributed by atoms with E-state index in [0.29, 0.717) is 0 Å². The number of amides is 3. The zero-order valence-corrected chi connectivity index (χ0v) is 20.9. The summed E-state index contributed by atoms with van der Waals surface area (Å²) in [5, 5.41) is 15.4. The Balaban J connectivity index is 2.47. The molecular weight excluding hydrogens is 422 g/mol. The SMILES string of the molecule is Cc1cccc(C(C(=O)NC(C)C)N(C(=O)C(CO)NC(=O)OC(C)(C)C)C2CCC2)c1C. The van der Waals surface area contributed by atoms with Crippen molar-refractivity contribution in [2.75, 3.05) is 6.61 Å². The Kier molecular flexibility index (Phi) is 8.89. The number of aliphatic hydroxyl groups excluding tert-OH is 1. The van der Waals surface area contributed by atoms with Crippen LogP contribution in [0.15, 0.2) is 18.2 Å². The topological polar surface area (TPSA) is 108 Å². The van der Waals surface area contributed by atoms with Gasteiger partial charge in [0.15, 0.2) is 0 Å². The second-order valence-electron chi connectivity index (χ2n) is 10.1. The third-order valence-electron chi connectivity index (χ3n) is 5.79. The van der Waals surface area contributed by atoms with Gasteiger partial charge in [-0.3, -0.25) is 9.59 Å². The predicted octanol–water partition coefficient (Wildman–Crippen LogP) is 3.14. The van der Waals surface area contributed by atoms with Crippen molar-refractivity contribution < 1.29 is 24.2 Å². The molecule has 0 bridgehead atoms. The zero-order chi connectivity index (χ0) is 24.9. The van der Waals surface area contributed by atoms with E-state index in [1.165, 1.54) is 0 Å². The van der Waals surface area contributed by atoms with Crippen LogP contribution in [-0.2, 0) is 14.3 Å². The van der Waals surface area contributed by atoms with E-state index < -0.39 is 36.3 Å². The summed E-state index contributed by atoms with van der Waals surface area (Å²) in [7, 11) is 0. The van der Waals surface area contributed by atoms with Crippen molar-refractivity contribution in [3.05, 3.63) is 34.9 Å². The van der Waals surface area contributed by atoms with Crippen LogP contribution in [0.25, 0.3) is 0 Å². The van der Waals surface area contributed by atoms with E-state index in [-0.39, 0.29) is 18.0 Å². The monoisotopic (exact) mass is 461 g/mol. The summed E-state index contributed by atoms with van der Waals surface area (Å²) < 4.78 is 5.27. The van der Waals surface area contributed by atoms with Gasteiger partial charge in [-0.05, 0) is 84.4 Å². The summed E-state index contributed by atoms with van der Waals surface area (Å²) in [6.07, 6.45) is 1.67. The summed E-state index contributed by atoms with van der Waals surface area (Å²) in [5.41, 5.74) is 1.93. The van der Waals surface area contributed by atoms with Gasteiger partial charge in [0.2, 0.25) is 11.8 Å². The number of carbonyl (C=O) groups excluding carboxylic acids is 3. The Hall–Kier alpha value is -2.61. The maximum absolute atomic E-state index is 13.7. The molecule has 1 aromatic carbocycles. The van der Waals surface area contributed by atoms with Gasteiger partial charge in [0.05, 0.1) is 6.61 Å². The lowest BCUT2D eigenvalue weighted by Crippen LogP contribution is -2.58. The van der Waals surface area contributed by atoms with E-state index in [4.69, 9.17) is 4.74 Å². The molecule has 2 rings (SSSR count). The Morgan fingerprint density at radius 3 is 2.27 bits per heavy atom. The minimum absolute atomic E-state index is 0.114. The van der Waals surface area contributed by atoms with E-state index in [9.17, 15) is 19.5 Å². The molecular formula is C25H39N3O5. The third-order valence-corrected chi connectivity index (χ3v) is 5.79. The number of hydrogen-bond donors (Lipinski definition) is 3. The Morgan fingerprint density at radius 2 is 1.79 bits per heavy atom. The number of rotatable bonds is 8. The summed E-state index contributed by atoms with van der Waals surface area (Å²) in [6, 6.07) is 3.33.